The van der Waals surface area contributed by atoms with Gasteiger partial charge in [-0.15, -0.1) is 0 Å². The molecule has 2 aliphatic rings. The molecule has 1 aromatic heterocycles. The molecule has 3 rings (SSSR count). The van der Waals surface area contributed by atoms with E-state index >= 15 is 0 Å². The third kappa shape index (κ3) is 2.33. The summed E-state index contributed by atoms with van der Waals surface area (Å²) in [5.74, 6) is 0.660. The van der Waals surface area contributed by atoms with E-state index in [1.165, 1.54) is 12.8 Å². The third-order valence-electron chi connectivity index (χ3n) is 4.86. The summed E-state index contributed by atoms with van der Waals surface area (Å²) in [5.41, 5.74) is 0. The van der Waals surface area contributed by atoms with E-state index < -0.39 is 5.97 Å². The Hall–Kier alpha value is -1.07. The summed E-state index contributed by atoms with van der Waals surface area (Å²) in [5, 5.41) is 10.1. The highest BCUT2D eigenvalue weighted by atomic mass is 35.5. The zero-order chi connectivity index (χ0) is 14.3. The van der Waals surface area contributed by atoms with E-state index in [-0.39, 0.29) is 6.04 Å². The molecule has 1 aliphatic heterocycles. The first-order chi connectivity index (χ1) is 9.58. The molecule has 1 saturated carbocycles. The highest BCUT2D eigenvalue weighted by molar-refractivity contribution is 6.29. The van der Waals surface area contributed by atoms with Gasteiger partial charge in [-0.3, -0.25) is 9.69 Å². The van der Waals surface area contributed by atoms with Gasteiger partial charge >= 0.3 is 5.97 Å². The predicted molar refractivity (Wildman–Crippen MR) is 75.5 cm³/mol. The van der Waals surface area contributed by atoms with Crippen LogP contribution in [-0.4, -0.2) is 37.6 Å². The summed E-state index contributed by atoms with van der Waals surface area (Å²) in [6.07, 6.45) is 7.10. The fraction of sp³-hybridized carbons (Fsp3) is 0.714. The zero-order valence-electron chi connectivity index (χ0n) is 11.6. The Balaban J connectivity index is 1.84. The van der Waals surface area contributed by atoms with Crippen molar-refractivity contribution in [3.63, 3.8) is 0 Å². The monoisotopic (exact) mass is 297 g/mol. The Bertz CT molecular complexity index is 517. The van der Waals surface area contributed by atoms with Gasteiger partial charge in [0.15, 0.2) is 0 Å². The molecule has 1 saturated heterocycles. The molecular weight excluding hydrogens is 278 g/mol. The predicted octanol–water partition coefficient (Wildman–Crippen LogP) is 2.29. The molecule has 1 N–H and O–H groups in total. The van der Waals surface area contributed by atoms with Crippen LogP contribution in [-0.2, 0) is 18.4 Å². The van der Waals surface area contributed by atoms with Crippen LogP contribution in [0.4, 0.5) is 0 Å². The van der Waals surface area contributed by atoms with Gasteiger partial charge in [-0.25, -0.2) is 4.98 Å². The largest absolute Gasteiger partial charge is 0.480 e. The van der Waals surface area contributed by atoms with Crippen molar-refractivity contribution in [2.24, 2.45) is 13.0 Å². The lowest BCUT2D eigenvalue weighted by molar-refractivity contribution is -0.143. The van der Waals surface area contributed by atoms with E-state index in [1.807, 2.05) is 11.6 Å². The summed E-state index contributed by atoms with van der Waals surface area (Å²) >= 11 is 6.02. The molecule has 110 valence electrons. The molecule has 0 radical (unpaired) electrons. The fourth-order valence-electron chi connectivity index (χ4n) is 3.76. The van der Waals surface area contributed by atoms with E-state index in [9.17, 15) is 9.90 Å². The smallest absolute Gasteiger partial charge is 0.320 e. The Morgan fingerprint density at radius 1 is 1.50 bits per heavy atom. The molecule has 0 bridgehead atoms. The molecule has 2 fully saturated rings. The van der Waals surface area contributed by atoms with Crippen LogP contribution in [0.15, 0.2) is 6.20 Å². The lowest BCUT2D eigenvalue weighted by atomic mass is 9.85. The maximum Gasteiger partial charge on any atom is 0.320 e. The molecule has 1 aliphatic carbocycles. The Labute approximate surface area is 123 Å². The van der Waals surface area contributed by atoms with Gasteiger partial charge in [0.05, 0.1) is 12.7 Å². The van der Waals surface area contributed by atoms with Crippen molar-refractivity contribution in [2.75, 3.05) is 0 Å². The van der Waals surface area contributed by atoms with Crippen molar-refractivity contribution in [1.82, 2.24) is 14.5 Å². The number of carboxylic acid groups (broad SMARTS) is 1. The van der Waals surface area contributed by atoms with Crippen molar-refractivity contribution >= 4 is 17.6 Å². The van der Waals surface area contributed by atoms with Gasteiger partial charge in [-0.1, -0.05) is 24.4 Å². The van der Waals surface area contributed by atoms with Crippen LogP contribution in [0.1, 0.15) is 37.9 Å². The number of aliphatic carboxylic acids is 1. The number of rotatable bonds is 3. The van der Waals surface area contributed by atoms with E-state index in [0.717, 1.165) is 25.1 Å². The van der Waals surface area contributed by atoms with Gasteiger partial charge in [-0.05, 0) is 25.2 Å². The van der Waals surface area contributed by atoms with Crippen molar-refractivity contribution in [1.29, 1.82) is 0 Å². The number of hydrogen-bond donors (Lipinski definition) is 1. The lowest BCUT2D eigenvalue weighted by Gasteiger charge is -2.32. The van der Waals surface area contributed by atoms with E-state index in [2.05, 4.69) is 9.88 Å². The normalized spacial score (nSPS) is 30.4. The van der Waals surface area contributed by atoms with Gasteiger partial charge in [0, 0.05) is 13.1 Å². The van der Waals surface area contributed by atoms with Crippen LogP contribution in [0.25, 0.3) is 0 Å². The highest BCUT2D eigenvalue weighted by Crippen LogP contribution is 2.40. The quantitative estimate of drug-likeness (QED) is 0.930. The lowest BCUT2D eigenvalue weighted by Crippen LogP contribution is -2.42. The minimum absolute atomic E-state index is 0.376. The Morgan fingerprint density at radius 3 is 2.90 bits per heavy atom. The molecule has 0 spiro atoms. The van der Waals surface area contributed by atoms with E-state index in [1.54, 1.807) is 6.20 Å². The summed E-state index contributed by atoms with van der Waals surface area (Å²) in [4.78, 5) is 18.0. The van der Waals surface area contributed by atoms with Crippen molar-refractivity contribution < 1.29 is 9.90 Å². The molecule has 0 amide bonds. The van der Waals surface area contributed by atoms with Crippen LogP contribution >= 0.6 is 11.6 Å². The van der Waals surface area contributed by atoms with Crippen LogP contribution in [0.2, 0.25) is 5.15 Å². The van der Waals surface area contributed by atoms with Gasteiger partial charge in [-0.2, -0.15) is 0 Å². The van der Waals surface area contributed by atoms with Crippen molar-refractivity contribution in [3.05, 3.63) is 17.2 Å². The summed E-state index contributed by atoms with van der Waals surface area (Å²) in [6.45, 7) is 0.571. The molecule has 5 nitrogen and oxygen atoms in total. The van der Waals surface area contributed by atoms with Gasteiger partial charge in [0.1, 0.15) is 17.0 Å². The third-order valence-corrected chi connectivity index (χ3v) is 5.21. The highest BCUT2D eigenvalue weighted by Gasteiger charge is 2.45. The minimum Gasteiger partial charge on any atom is -0.480 e. The van der Waals surface area contributed by atoms with Gasteiger partial charge < -0.3 is 9.67 Å². The number of carboxylic acids is 1. The second kappa shape index (κ2) is 5.37. The fourth-order valence-corrected chi connectivity index (χ4v) is 3.90. The number of imidazole rings is 1. The first-order valence-corrected chi connectivity index (χ1v) is 7.60. The van der Waals surface area contributed by atoms with E-state index in [4.69, 9.17) is 11.6 Å². The average molecular weight is 298 g/mol. The molecule has 6 heteroatoms. The Kier molecular flexibility index (Phi) is 3.73. The van der Waals surface area contributed by atoms with Gasteiger partial charge in [0.2, 0.25) is 0 Å². The molecular formula is C14H20ClN3O2. The number of halogens is 1. The zero-order valence-corrected chi connectivity index (χ0v) is 12.4. The molecule has 1 aromatic rings. The first-order valence-electron chi connectivity index (χ1n) is 7.22. The number of likely N-dealkylation sites (tertiary alicyclic amines) is 1. The molecule has 20 heavy (non-hydrogen) atoms. The maximum atomic E-state index is 11.5. The molecule has 2 heterocycles. The summed E-state index contributed by atoms with van der Waals surface area (Å²) in [6, 6.07) is 0.0129. The van der Waals surface area contributed by atoms with Crippen molar-refractivity contribution in [2.45, 2.75) is 50.7 Å². The van der Waals surface area contributed by atoms with Crippen molar-refractivity contribution in [3.8, 4) is 0 Å². The average Bonchev–Trinajstić information content (AvgIpc) is 2.95. The maximum absolute atomic E-state index is 11.5. The summed E-state index contributed by atoms with van der Waals surface area (Å²) in [7, 11) is 1.87. The minimum atomic E-state index is -0.709. The van der Waals surface area contributed by atoms with Gasteiger partial charge in [0.25, 0.3) is 0 Å². The molecule has 3 atom stereocenters. The SMILES string of the molecule is Cn1c(Cl)cnc1CN1[C@H](C(=O)O)C[C@@H]2CCCC[C@@H]21. The summed E-state index contributed by atoms with van der Waals surface area (Å²) < 4.78 is 1.83. The first kappa shape index (κ1) is 13.9. The number of fused-ring (bicyclic) bond motifs is 1. The second-order valence-corrected chi connectivity index (χ2v) is 6.32. The number of hydrogen-bond acceptors (Lipinski definition) is 3. The topological polar surface area (TPSA) is 58.4 Å². The number of nitrogens with zero attached hydrogens (tertiary/aromatic N) is 3. The number of aromatic nitrogens is 2. The molecule has 0 aromatic carbocycles. The Morgan fingerprint density at radius 2 is 2.25 bits per heavy atom. The van der Waals surface area contributed by atoms with E-state index in [0.29, 0.717) is 23.7 Å². The van der Waals surface area contributed by atoms with Crippen LogP contribution in [0.3, 0.4) is 0 Å². The van der Waals surface area contributed by atoms with Crippen LogP contribution in [0.5, 0.6) is 0 Å². The van der Waals surface area contributed by atoms with Crippen LogP contribution in [0, 0.1) is 5.92 Å². The standard InChI is InChI=1S/C14H20ClN3O2/c1-17-12(15)7-16-13(17)8-18-10-5-3-2-4-9(10)6-11(18)14(19)20/h7,9-11H,2-6,8H2,1H3,(H,19,20)/t9-,10-,11-/m0/s1. The number of carbonyl (C=O) groups is 1. The van der Waals surface area contributed by atoms with Crippen LogP contribution < -0.4 is 0 Å². The second-order valence-electron chi connectivity index (χ2n) is 5.93. The molecule has 0 unspecified atom stereocenters.